The minimum atomic E-state index is -0.661. The lowest BCUT2D eigenvalue weighted by atomic mass is 10.1. The Hall–Kier alpha value is -2.02. The third-order valence-electron chi connectivity index (χ3n) is 3.61. The van der Waals surface area contributed by atoms with Gasteiger partial charge in [-0.2, -0.15) is 0 Å². The van der Waals surface area contributed by atoms with Crippen LogP contribution in [0, 0.1) is 0 Å². The molecule has 1 aliphatic heterocycles. The summed E-state index contributed by atoms with van der Waals surface area (Å²) < 4.78 is 0. The van der Waals surface area contributed by atoms with Crippen LogP contribution in [-0.2, 0) is 0 Å². The number of hydrogen-bond donors (Lipinski definition) is 2. The van der Waals surface area contributed by atoms with E-state index < -0.39 is 5.91 Å². The molecule has 0 aliphatic carbocycles. The fraction of sp³-hybridized carbons (Fsp3) is 0.571. The van der Waals surface area contributed by atoms with Crippen molar-refractivity contribution in [3.8, 4) is 0 Å². The van der Waals surface area contributed by atoms with Crippen LogP contribution >= 0.6 is 0 Å². The number of nitrogens with two attached hydrogens (primary N) is 1. The van der Waals surface area contributed by atoms with Gasteiger partial charge in [0.05, 0.1) is 12.4 Å². The predicted molar refractivity (Wildman–Crippen MR) is 77.7 cm³/mol. The van der Waals surface area contributed by atoms with Gasteiger partial charge >= 0.3 is 0 Å². The zero-order valence-electron chi connectivity index (χ0n) is 12.6. The first-order valence-corrected chi connectivity index (χ1v) is 6.95. The highest BCUT2D eigenvalue weighted by molar-refractivity contribution is 5.93. The van der Waals surface area contributed by atoms with Gasteiger partial charge in [0.2, 0.25) is 0 Å². The third kappa shape index (κ3) is 3.75. The molecular formula is C14H21N5O2. The molecule has 2 amide bonds. The zero-order valence-corrected chi connectivity index (χ0v) is 12.6. The number of primary amides is 1. The fourth-order valence-electron chi connectivity index (χ4n) is 2.32. The van der Waals surface area contributed by atoms with Gasteiger partial charge in [0, 0.05) is 24.7 Å². The number of rotatable bonds is 3. The maximum absolute atomic E-state index is 12.1. The van der Waals surface area contributed by atoms with E-state index in [1.807, 2.05) is 0 Å². The highest BCUT2D eigenvalue weighted by Crippen LogP contribution is 2.20. The minimum absolute atomic E-state index is 0.0475. The Labute approximate surface area is 123 Å². The first-order valence-electron chi connectivity index (χ1n) is 6.95. The molecule has 7 nitrogen and oxygen atoms in total. The van der Waals surface area contributed by atoms with E-state index in [0.29, 0.717) is 0 Å². The summed E-state index contributed by atoms with van der Waals surface area (Å²) >= 11 is 0. The van der Waals surface area contributed by atoms with Crippen LogP contribution in [-0.4, -0.2) is 51.4 Å². The summed E-state index contributed by atoms with van der Waals surface area (Å²) in [5, 5.41) is 2.95. The lowest BCUT2D eigenvalue weighted by Crippen LogP contribution is -2.43. The summed E-state index contributed by atoms with van der Waals surface area (Å²) in [6.45, 7) is 8.25. The smallest absolute Gasteiger partial charge is 0.271 e. The maximum atomic E-state index is 12.1. The van der Waals surface area contributed by atoms with E-state index in [0.717, 1.165) is 19.5 Å². The summed E-state index contributed by atoms with van der Waals surface area (Å²) in [4.78, 5) is 33.1. The number of nitrogens with zero attached hydrogens (tertiary/aromatic N) is 3. The van der Waals surface area contributed by atoms with Crippen LogP contribution in [0.4, 0.5) is 0 Å². The van der Waals surface area contributed by atoms with Crippen LogP contribution in [0.15, 0.2) is 12.4 Å². The molecule has 2 rings (SSSR count). The third-order valence-corrected chi connectivity index (χ3v) is 3.61. The zero-order chi connectivity index (χ0) is 15.6. The number of likely N-dealkylation sites (tertiary alicyclic amines) is 1. The molecule has 0 aromatic carbocycles. The van der Waals surface area contributed by atoms with Gasteiger partial charge in [0.15, 0.2) is 0 Å². The number of aromatic nitrogens is 2. The Bertz CT molecular complexity index is 535. The van der Waals surface area contributed by atoms with Gasteiger partial charge in [-0.3, -0.25) is 14.5 Å². The molecule has 2 heterocycles. The standard InChI is InChI=1S/C14H21N5O2/c1-14(2,3)19-5-4-9(8-19)18-13(21)11-7-16-10(6-17-11)12(15)20/h6-7,9H,4-5,8H2,1-3H3,(H2,15,20)(H,18,21). The molecule has 0 radical (unpaired) electrons. The van der Waals surface area contributed by atoms with Crippen LogP contribution in [0.25, 0.3) is 0 Å². The average Bonchev–Trinajstić information content (AvgIpc) is 2.87. The van der Waals surface area contributed by atoms with Crippen molar-refractivity contribution in [2.75, 3.05) is 13.1 Å². The topological polar surface area (TPSA) is 101 Å². The van der Waals surface area contributed by atoms with Crippen molar-refractivity contribution in [1.29, 1.82) is 0 Å². The first-order chi connectivity index (χ1) is 9.77. The largest absolute Gasteiger partial charge is 0.364 e. The maximum Gasteiger partial charge on any atom is 0.271 e. The highest BCUT2D eigenvalue weighted by Gasteiger charge is 2.31. The molecule has 1 fully saturated rings. The van der Waals surface area contributed by atoms with Crippen LogP contribution in [0.1, 0.15) is 48.2 Å². The number of hydrogen-bond acceptors (Lipinski definition) is 5. The van der Waals surface area contributed by atoms with E-state index in [-0.39, 0.29) is 28.9 Å². The van der Waals surface area contributed by atoms with Crippen molar-refractivity contribution in [3.05, 3.63) is 23.8 Å². The minimum Gasteiger partial charge on any atom is -0.364 e. The van der Waals surface area contributed by atoms with Crippen molar-refractivity contribution in [1.82, 2.24) is 20.2 Å². The van der Waals surface area contributed by atoms with Crippen molar-refractivity contribution in [2.24, 2.45) is 5.73 Å². The fourth-order valence-corrected chi connectivity index (χ4v) is 2.32. The second-order valence-corrected chi connectivity index (χ2v) is 6.23. The van der Waals surface area contributed by atoms with E-state index in [1.165, 1.54) is 12.4 Å². The molecule has 1 saturated heterocycles. The van der Waals surface area contributed by atoms with E-state index >= 15 is 0 Å². The molecule has 0 saturated carbocycles. The Kier molecular flexibility index (Phi) is 4.22. The van der Waals surface area contributed by atoms with Crippen LogP contribution in [0.3, 0.4) is 0 Å². The van der Waals surface area contributed by atoms with Gasteiger partial charge < -0.3 is 11.1 Å². The molecule has 21 heavy (non-hydrogen) atoms. The van der Waals surface area contributed by atoms with Gasteiger partial charge in [-0.1, -0.05) is 0 Å². The molecule has 1 aromatic rings. The Morgan fingerprint density at radius 3 is 2.38 bits per heavy atom. The lowest BCUT2D eigenvalue weighted by molar-refractivity contribution is 0.0923. The number of amides is 2. The van der Waals surface area contributed by atoms with Gasteiger partial charge in [0.25, 0.3) is 11.8 Å². The molecule has 1 unspecified atom stereocenters. The van der Waals surface area contributed by atoms with E-state index in [9.17, 15) is 9.59 Å². The molecule has 3 N–H and O–H groups in total. The molecule has 7 heteroatoms. The monoisotopic (exact) mass is 291 g/mol. The van der Waals surface area contributed by atoms with Gasteiger partial charge in [0.1, 0.15) is 11.4 Å². The first kappa shape index (κ1) is 15.4. The average molecular weight is 291 g/mol. The summed E-state index contributed by atoms with van der Waals surface area (Å²) in [6.07, 6.45) is 3.40. The molecule has 1 aliphatic rings. The number of nitrogens with one attached hydrogen (secondary N) is 1. The molecule has 114 valence electrons. The molecule has 0 bridgehead atoms. The molecule has 0 spiro atoms. The Morgan fingerprint density at radius 1 is 1.29 bits per heavy atom. The van der Waals surface area contributed by atoms with Crippen LogP contribution in [0.5, 0.6) is 0 Å². The molecule has 1 aromatic heterocycles. The van der Waals surface area contributed by atoms with E-state index in [1.54, 1.807) is 0 Å². The van der Waals surface area contributed by atoms with Crippen LogP contribution in [0.2, 0.25) is 0 Å². The second kappa shape index (κ2) is 5.77. The van der Waals surface area contributed by atoms with Crippen molar-refractivity contribution < 1.29 is 9.59 Å². The second-order valence-electron chi connectivity index (χ2n) is 6.23. The van der Waals surface area contributed by atoms with E-state index in [4.69, 9.17) is 5.73 Å². The number of carbonyl (C=O) groups excluding carboxylic acids is 2. The SMILES string of the molecule is CC(C)(C)N1CCC(NC(=O)c2cnc(C(N)=O)cn2)C1. The molecule has 1 atom stereocenters. The number of carbonyl (C=O) groups is 2. The van der Waals surface area contributed by atoms with E-state index in [2.05, 4.69) is 41.0 Å². The Morgan fingerprint density at radius 2 is 1.90 bits per heavy atom. The van der Waals surface area contributed by atoms with Crippen LogP contribution < -0.4 is 11.1 Å². The normalized spacial score (nSPS) is 19.5. The summed E-state index contributed by atoms with van der Waals surface area (Å²) in [7, 11) is 0. The summed E-state index contributed by atoms with van der Waals surface area (Å²) in [5.41, 5.74) is 5.42. The highest BCUT2D eigenvalue weighted by atomic mass is 16.2. The van der Waals surface area contributed by atoms with Crippen molar-refractivity contribution in [2.45, 2.75) is 38.8 Å². The van der Waals surface area contributed by atoms with Crippen molar-refractivity contribution in [3.63, 3.8) is 0 Å². The molecular weight excluding hydrogens is 270 g/mol. The summed E-state index contributed by atoms with van der Waals surface area (Å²) in [5.74, 6) is -0.939. The predicted octanol–water partition coefficient (Wildman–Crippen LogP) is 0.178. The van der Waals surface area contributed by atoms with Gasteiger partial charge in [-0.25, -0.2) is 9.97 Å². The van der Waals surface area contributed by atoms with Gasteiger partial charge in [-0.15, -0.1) is 0 Å². The van der Waals surface area contributed by atoms with Crippen molar-refractivity contribution >= 4 is 11.8 Å². The summed E-state index contributed by atoms with van der Waals surface area (Å²) in [6, 6.07) is 0.106. The Balaban J connectivity index is 1.95. The van der Waals surface area contributed by atoms with Gasteiger partial charge in [-0.05, 0) is 27.2 Å². The quantitative estimate of drug-likeness (QED) is 0.827. The lowest BCUT2D eigenvalue weighted by Gasteiger charge is -2.31.